The van der Waals surface area contributed by atoms with Crippen LogP contribution < -0.4 is 0 Å². The first-order chi connectivity index (χ1) is 7.53. The lowest BCUT2D eigenvalue weighted by Gasteiger charge is -2.15. The minimum atomic E-state index is -1.16. The summed E-state index contributed by atoms with van der Waals surface area (Å²) in [6.45, 7) is -1.96. The Kier molecular flexibility index (Phi) is 6.71. The molecule has 0 heterocycles. The summed E-state index contributed by atoms with van der Waals surface area (Å²) in [7, 11) is 0. The highest BCUT2D eigenvalue weighted by atomic mass is 17.1. The van der Waals surface area contributed by atoms with Gasteiger partial charge in [0, 0.05) is 0 Å². The predicted molar refractivity (Wildman–Crippen MR) is 42.6 cm³/mol. The Morgan fingerprint density at radius 2 is 1.00 bits per heavy atom. The third-order valence-corrected chi connectivity index (χ3v) is 1.36. The predicted octanol–water partition coefficient (Wildman–Crippen LogP) is -1.66. The molecule has 0 rings (SSSR count). The van der Waals surface area contributed by atoms with Crippen molar-refractivity contribution in [3.8, 4) is 0 Å². The fraction of sp³-hybridized carbons (Fsp3) is 0.500. The van der Waals surface area contributed by atoms with Crippen LogP contribution in [-0.4, -0.2) is 58.2 Å². The van der Waals surface area contributed by atoms with Gasteiger partial charge in [-0.2, -0.15) is 15.8 Å². The number of rotatable bonds is 6. The van der Waals surface area contributed by atoms with Crippen LogP contribution >= 0.6 is 0 Å². The zero-order valence-electron chi connectivity index (χ0n) is 7.86. The SMILES string of the molecule is O=C(CN(CC(=O)OO)CC(=O)OO)OO. The average molecular weight is 239 g/mol. The summed E-state index contributed by atoms with van der Waals surface area (Å²) >= 11 is 0. The van der Waals surface area contributed by atoms with Crippen LogP contribution in [-0.2, 0) is 29.0 Å². The zero-order chi connectivity index (χ0) is 12.6. The lowest BCUT2D eigenvalue weighted by atomic mass is 10.4. The van der Waals surface area contributed by atoms with E-state index in [1.54, 1.807) is 0 Å². The fourth-order valence-corrected chi connectivity index (χ4v) is 0.802. The molecule has 0 radical (unpaired) electrons. The van der Waals surface area contributed by atoms with Crippen molar-refractivity contribution in [2.24, 2.45) is 0 Å². The van der Waals surface area contributed by atoms with Crippen molar-refractivity contribution in [1.29, 1.82) is 0 Å². The molecule has 0 fully saturated rings. The minimum absolute atomic E-state index is 0.652. The zero-order valence-corrected chi connectivity index (χ0v) is 7.86. The molecule has 0 spiro atoms. The molecule has 0 aromatic carbocycles. The van der Waals surface area contributed by atoms with Crippen LogP contribution in [0, 0.1) is 0 Å². The summed E-state index contributed by atoms with van der Waals surface area (Å²) in [6, 6.07) is 0. The molecule has 16 heavy (non-hydrogen) atoms. The second kappa shape index (κ2) is 7.53. The smallest absolute Gasteiger partial charge is 0.300 e. The monoisotopic (exact) mass is 239 g/mol. The van der Waals surface area contributed by atoms with Gasteiger partial charge in [-0.3, -0.25) is 19.6 Å². The molecule has 0 bridgehead atoms. The summed E-state index contributed by atoms with van der Waals surface area (Å²) < 4.78 is 0. The molecule has 3 N–H and O–H groups in total. The van der Waals surface area contributed by atoms with Crippen LogP contribution in [0.25, 0.3) is 0 Å². The highest BCUT2D eigenvalue weighted by Gasteiger charge is 2.20. The van der Waals surface area contributed by atoms with Crippen LogP contribution in [0.15, 0.2) is 0 Å². The van der Waals surface area contributed by atoms with E-state index in [1.807, 2.05) is 0 Å². The van der Waals surface area contributed by atoms with E-state index in [4.69, 9.17) is 15.8 Å². The molecule has 0 saturated heterocycles. The Morgan fingerprint density at radius 3 is 1.19 bits per heavy atom. The second-order valence-corrected chi connectivity index (χ2v) is 2.54. The van der Waals surface area contributed by atoms with Gasteiger partial charge in [0.05, 0.1) is 0 Å². The van der Waals surface area contributed by atoms with Crippen molar-refractivity contribution < 1.29 is 44.8 Å². The maximum Gasteiger partial charge on any atom is 0.355 e. The van der Waals surface area contributed by atoms with Crippen LogP contribution in [0.1, 0.15) is 0 Å². The minimum Gasteiger partial charge on any atom is -0.300 e. The van der Waals surface area contributed by atoms with Gasteiger partial charge in [0.1, 0.15) is 19.6 Å². The van der Waals surface area contributed by atoms with Gasteiger partial charge in [0.25, 0.3) is 0 Å². The van der Waals surface area contributed by atoms with Crippen molar-refractivity contribution in [2.45, 2.75) is 0 Å². The molecule has 92 valence electrons. The third-order valence-electron chi connectivity index (χ3n) is 1.36. The number of carbonyl (C=O) groups is 3. The molecule has 0 aliphatic heterocycles. The van der Waals surface area contributed by atoms with Crippen molar-refractivity contribution in [1.82, 2.24) is 4.90 Å². The summed E-state index contributed by atoms with van der Waals surface area (Å²) in [5.41, 5.74) is 0. The Hall–Kier alpha value is -1.75. The quantitative estimate of drug-likeness (QED) is 0.279. The molecule has 10 nitrogen and oxygen atoms in total. The lowest BCUT2D eigenvalue weighted by Crippen LogP contribution is -2.39. The van der Waals surface area contributed by atoms with Crippen molar-refractivity contribution in [3.05, 3.63) is 0 Å². The van der Waals surface area contributed by atoms with E-state index < -0.39 is 37.5 Å². The van der Waals surface area contributed by atoms with Crippen molar-refractivity contribution in [2.75, 3.05) is 19.6 Å². The largest absolute Gasteiger partial charge is 0.355 e. The topological polar surface area (TPSA) is 143 Å². The molecule has 0 atom stereocenters. The van der Waals surface area contributed by atoms with Gasteiger partial charge in [-0.15, -0.1) is 0 Å². The first kappa shape index (κ1) is 14.2. The Balaban J connectivity index is 4.31. The van der Waals surface area contributed by atoms with E-state index in [0.717, 1.165) is 4.90 Å². The number of hydrogen-bond donors (Lipinski definition) is 3. The van der Waals surface area contributed by atoms with Crippen molar-refractivity contribution in [3.63, 3.8) is 0 Å². The Bertz CT molecular complexity index is 222. The van der Waals surface area contributed by atoms with Gasteiger partial charge < -0.3 is 0 Å². The van der Waals surface area contributed by atoms with Gasteiger partial charge in [0.15, 0.2) is 0 Å². The normalized spacial score (nSPS) is 9.75. The lowest BCUT2D eigenvalue weighted by molar-refractivity contribution is -0.243. The highest BCUT2D eigenvalue weighted by molar-refractivity contribution is 5.77. The van der Waals surface area contributed by atoms with Crippen molar-refractivity contribution >= 4 is 17.9 Å². The molecule has 0 aliphatic rings. The Labute approximate surface area is 88.3 Å². The average Bonchev–Trinajstić information content (AvgIpc) is 2.28. The van der Waals surface area contributed by atoms with Gasteiger partial charge >= 0.3 is 17.9 Å². The molecule has 0 aromatic heterocycles. The third kappa shape index (κ3) is 5.87. The molecule has 0 saturated carbocycles. The summed E-state index contributed by atoms with van der Waals surface area (Å²) in [6.07, 6.45) is 0. The molecule has 0 aromatic rings. The first-order valence-electron chi connectivity index (χ1n) is 3.78. The molecule has 0 amide bonds. The van der Waals surface area contributed by atoms with E-state index >= 15 is 0 Å². The van der Waals surface area contributed by atoms with Gasteiger partial charge in [-0.1, -0.05) is 0 Å². The summed E-state index contributed by atoms with van der Waals surface area (Å²) in [4.78, 5) is 42.5. The van der Waals surface area contributed by atoms with E-state index in [-0.39, 0.29) is 0 Å². The van der Waals surface area contributed by atoms with Gasteiger partial charge in [0.2, 0.25) is 0 Å². The van der Waals surface area contributed by atoms with E-state index in [9.17, 15) is 14.4 Å². The molecule has 0 unspecified atom stereocenters. The van der Waals surface area contributed by atoms with E-state index in [2.05, 4.69) is 14.7 Å². The molecule has 10 heteroatoms. The molecular formula is C6H9NO9. The first-order valence-corrected chi connectivity index (χ1v) is 3.78. The van der Waals surface area contributed by atoms with Crippen LogP contribution in [0.4, 0.5) is 0 Å². The maximum atomic E-state index is 10.6. The standard InChI is InChI=1S/C6H9NO9/c8-4(14-11)1-7(2-5(9)15-12)3-6(10)16-13/h11-13H,1-3H2. The maximum absolute atomic E-state index is 10.6. The van der Waals surface area contributed by atoms with E-state index in [0.29, 0.717) is 0 Å². The second-order valence-electron chi connectivity index (χ2n) is 2.54. The van der Waals surface area contributed by atoms with E-state index in [1.165, 1.54) is 0 Å². The summed E-state index contributed by atoms with van der Waals surface area (Å²) in [5, 5.41) is 23.9. The van der Waals surface area contributed by atoms with Crippen LogP contribution in [0.5, 0.6) is 0 Å². The number of hydrogen-bond acceptors (Lipinski definition) is 10. The van der Waals surface area contributed by atoms with Crippen LogP contribution in [0.3, 0.4) is 0 Å². The Morgan fingerprint density at radius 1 is 0.750 bits per heavy atom. The van der Waals surface area contributed by atoms with Gasteiger partial charge in [-0.25, -0.2) is 14.4 Å². The van der Waals surface area contributed by atoms with Crippen LogP contribution in [0.2, 0.25) is 0 Å². The number of nitrogens with zero attached hydrogens (tertiary/aromatic N) is 1. The van der Waals surface area contributed by atoms with Gasteiger partial charge in [-0.05, 0) is 0 Å². The summed E-state index contributed by atoms with van der Waals surface area (Å²) in [5.74, 6) is -3.47. The number of carbonyl (C=O) groups excluding carboxylic acids is 3. The fourth-order valence-electron chi connectivity index (χ4n) is 0.802. The molecule has 0 aliphatic carbocycles. The highest BCUT2D eigenvalue weighted by Crippen LogP contribution is 1.92. The molecular weight excluding hydrogens is 230 g/mol.